The zero-order valence-corrected chi connectivity index (χ0v) is 8.43. The molecule has 0 aliphatic rings. The molecule has 0 aliphatic carbocycles. The molecule has 0 aliphatic heterocycles. The predicted molar refractivity (Wildman–Crippen MR) is 53.1 cm³/mol. The van der Waals surface area contributed by atoms with Gasteiger partial charge in [0, 0.05) is 19.2 Å². The summed E-state index contributed by atoms with van der Waals surface area (Å²) < 4.78 is 6.24. The summed E-state index contributed by atoms with van der Waals surface area (Å²) in [4.78, 5) is 11.3. The number of aromatic nitrogens is 2. The van der Waals surface area contributed by atoms with Gasteiger partial charge in [-0.2, -0.15) is 5.10 Å². The van der Waals surface area contributed by atoms with E-state index in [1.54, 1.807) is 13.2 Å². The summed E-state index contributed by atoms with van der Waals surface area (Å²) in [5.74, 6) is 0. The molecule has 1 aromatic heterocycles. The van der Waals surface area contributed by atoms with Crippen molar-refractivity contribution in [2.75, 3.05) is 13.7 Å². The Kier molecular flexibility index (Phi) is 3.79. The van der Waals surface area contributed by atoms with E-state index in [2.05, 4.69) is 5.10 Å². The fraction of sp³-hybridized carbons (Fsp3) is 0.556. The minimum Gasteiger partial charge on any atom is -0.383 e. The van der Waals surface area contributed by atoms with Crippen molar-refractivity contribution in [2.45, 2.75) is 19.5 Å². The molecule has 2 N–H and O–H groups in total. The van der Waals surface area contributed by atoms with Gasteiger partial charge in [0.05, 0.1) is 18.8 Å². The van der Waals surface area contributed by atoms with Gasteiger partial charge in [-0.1, -0.05) is 0 Å². The van der Waals surface area contributed by atoms with E-state index >= 15 is 0 Å². The fourth-order valence-electron chi connectivity index (χ4n) is 1.17. The van der Waals surface area contributed by atoms with Crippen LogP contribution in [0, 0.1) is 6.92 Å². The highest BCUT2D eigenvalue weighted by molar-refractivity contribution is 4.97. The lowest BCUT2D eigenvalue weighted by atomic mass is 10.3. The molecule has 5 nitrogen and oxygen atoms in total. The lowest BCUT2D eigenvalue weighted by Crippen LogP contribution is -2.36. The van der Waals surface area contributed by atoms with Crippen LogP contribution in [0.15, 0.2) is 16.9 Å². The van der Waals surface area contributed by atoms with Crippen molar-refractivity contribution in [1.82, 2.24) is 9.78 Å². The Labute approximate surface area is 82.5 Å². The number of nitrogens with zero attached hydrogens (tertiary/aromatic N) is 2. The van der Waals surface area contributed by atoms with E-state index in [1.807, 2.05) is 6.92 Å². The molecule has 0 aromatic carbocycles. The Morgan fingerprint density at radius 2 is 2.36 bits per heavy atom. The lowest BCUT2D eigenvalue weighted by Gasteiger charge is -2.11. The number of nitrogens with two attached hydrogens (primary N) is 1. The van der Waals surface area contributed by atoms with Crippen molar-refractivity contribution in [3.63, 3.8) is 0 Å². The van der Waals surface area contributed by atoms with Gasteiger partial charge >= 0.3 is 0 Å². The van der Waals surface area contributed by atoms with Gasteiger partial charge in [-0.3, -0.25) is 4.79 Å². The van der Waals surface area contributed by atoms with E-state index in [4.69, 9.17) is 10.5 Å². The molecule has 0 fully saturated rings. The summed E-state index contributed by atoms with van der Waals surface area (Å²) in [6, 6.07) is 2.97. The molecular weight excluding hydrogens is 182 g/mol. The first-order chi connectivity index (χ1) is 6.63. The second-order valence-corrected chi connectivity index (χ2v) is 3.21. The summed E-state index contributed by atoms with van der Waals surface area (Å²) in [6.45, 7) is 2.63. The first-order valence-electron chi connectivity index (χ1n) is 4.43. The summed E-state index contributed by atoms with van der Waals surface area (Å²) >= 11 is 0. The van der Waals surface area contributed by atoms with Crippen LogP contribution >= 0.6 is 0 Å². The Balaban J connectivity index is 2.75. The molecule has 5 heteroatoms. The molecule has 0 bridgehead atoms. The van der Waals surface area contributed by atoms with Gasteiger partial charge in [0.2, 0.25) is 0 Å². The second-order valence-electron chi connectivity index (χ2n) is 3.21. The summed E-state index contributed by atoms with van der Waals surface area (Å²) in [6.07, 6.45) is 0. The molecule has 78 valence electrons. The van der Waals surface area contributed by atoms with Crippen molar-refractivity contribution in [3.05, 3.63) is 28.2 Å². The van der Waals surface area contributed by atoms with Gasteiger partial charge in [0.25, 0.3) is 5.56 Å². The summed E-state index contributed by atoms with van der Waals surface area (Å²) in [5, 5.41) is 4.06. The van der Waals surface area contributed by atoms with Crippen molar-refractivity contribution in [3.8, 4) is 0 Å². The normalized spacial score (nSPS) is 12.8. The van der Waals surface area contributed by atoms with Gasteiger partial charge in [0.15, 0.2) is 0 Å². The Hall–Kier alpha value is -1.20. The van der Waals surface area contributed by atoms with Crippen LogP contribution in [-0.2, 0) is 11.3 Å². The average molecular weight is 197 g/mol. The topological polar surface area (TPSA) is 70.1 Å². The van der Waals surface area contributed by atoms with E-state index in [-0.39, 0.29) is 11.6 Å². The quantitative estimate of drug-likeness (QED) is 0.708. The smallest absolute Gasteiger partial charge is 0.266 e. The maximum absolute atomic E-state index is 11.3. The Bertz CT molecular complexity index is 348. The lowest BCUT2D eigenvalue weighted by molar-refractivity contribution is 0.171. The van der Waals surface area contributed by atoms with E-state index in [0.717, 1.165) is 5.69 Å². The van der Waals surface area contributed by atoms with Crippen LogP contribution in [-0.4, -0.2) is 29.5 Å². The van der Waals surface area contributed by atoms with E-state index < -0.39 is 0 Å². The number of ether oxygens (including phenoxy) is 1. The number of hydrogen-bond donors (Lipinski definition) is 1. The number of methoxy groups -OCH3 is 1. The molecule has 14 heavy (non-hydrogen) atoms. The largest absolute Gasteiger partial charge is 0.383 e. The van der Waals surface area contributed by atoms with Gasteiger partial charge in [-0.05, 0) is 13.0 Å². The first-order valence-corrected chi connectivity index (χ1v) is 4.43. The van der Waals surface area contributed by atoms with Crippen LogP contribution in [0.3, 0.4) is 0 Å². The zero-order chi connectivity index (χ0) is 10.6. The van der Waals surface area contributed by atoms with Gasteiger partial charge in [0.1, 0.15) is 0 Å². The van der Waals surface area contributed by atoms with E-state index in [0.29, 0.717) is 13.2 Å². The van der Waals surface area contributed by atoms with Gasteiger partial charge in [-0.25, -0.2) is 4.68 Å². The number of aryl methyl sites for hydroxylation is 1. The molecule has 1 heterocycles. The molecule has 1 rings (SSSR count). The van der Waals surface area contributed by atoms with Crippen LogP contribution in [0.25, 0.3) is 0 Å². The van der Waals surface area contributed by atoms with Gasteiger partial charge in [-0.15, -0.1) is 0 Å². The molecule has 0 saturated heterocycles. The fourth-order valence-corrected chi connectivity index (χ4v) is 1.17. The minimum absolute atomic E-state index is 0.137. The third-order valence-electron chi connectivity index (χ3n) is 1.79. The van der Waals surface area contributed by atoms with Crippen molar-refractivity contribution >= 4 is 0 Å². The standard InChI is InChI=1S/C9H15N3O2/c1-7-3-4-9(13)12(11-7)5-8(10)6-14-2/h3-4,8H,5-6,10H2,1-2H3. The van der Waals surface area contributed by atoms with Crippen LogP contribution in [0.2, 0.25) is 0 Å². The second kappa shape index (κ2) is 4.88. The molecule has 1 aromatic rings. The molecule has 0 amide bonds. The molecule has 1 unspecified atom stereocenters. The first kappa shape index (κ1) is 10.9. The highest BCUT2D eigenvalue weighted by Crippen LogP contribution is 1.88. The van der Waals surface area contributed by atoms with Crippen molar-refractivity contribution in [1.29, 1.82) is 0 Å². The van der Waals surface area contributed by atoms with Crippen LogP contribution < -0.4 is 11.3 Å². The Morgan fingerprint density at radius 3 is 3.00 bits per heavy atom. The highest BCUT2D eigenvalue weighted by Gasteiger charge is 2.05. The van der Waals surface area contributed by atoms with E-state index in [9.17, 15) is 4.79 Å². The maximum atomic E-state index is 11.3. The molecule has 0 radical (unpaired) electrons. The highest BCUT2D eigenvalue weighted by atomic mass is 16.5. The van der Waals surface area contributed by atoms with Gasteiger partial charge < -0.3 is 10.5 Å². The Morgan fingerprint density at radius 1 is 1.64 bits per heavy atom. The monoisotopic (exact) mass is 197 g/mol. The summed E-state index contributed by atoms with van der Waals surface area (Å²) in [5.41, 5.74) is 6.37. The van der Waals surface area contributed by atoms with Crippen molar-refractivity contribution < 1.29 is 4.74 Å². The SMILES string of the molecule is COCC(N)Cn1nc(C)ccc1=O. The predicted octanol–water partition coefficient (Wildman–Crippen LogP) is -0.475. The molecular formula is C9H15N3O2. The van der Waals surface area contributed by atoms with Crippen LogP contribution in [0.5, 0.6) is 0 Å². The maximum Gasteiger partial charge on any atom is 0.266 e. The zero-order valence-electron chi connectivity index (χ0n) is 8.43. The number of hydrogen-bond acceptors (Lipinski definition) is 4. The van der Waals surface area contributed by atoms with Crippen LogP contribution in [0.1, 0.15) is 5.69 Å². The minimum atomic E-state index is -0.202. The molecule has 1 atom stereocenters. The van der Waals surface area contributed by atoms with E-state index in [1.165, 1.54) is 10.7 Å². The number of rotatable bonds is 4. The molecule has 0 spiro atoms. The van der Waals surface area contributed by atoms with Crippen LogP contribution in [0.4, 0.5) is 0 Å². The molecule has 0 saturated carbocycles. The summed E-state index contributed by atoms with van der Waals surface area (Å²) in [7, 11) is 1.58. The third kappa shape index (κ3) is 2.93. The average Bonchev–Trinajstić information content (AvgIpc) is 2.12. The van der Waals surface area contributed by atoms with Crippen molar-refractivity contribution in [2.24, 2.45) is 5.73 Å². The third-order valence-corrected chi connectivity index (χ3v) is 1.79.